The number of aryl methyl sites for hydroxylation is 1. The van der Waals surface area contributed by atoms with Crippen molar-refractivity contribution < 1.29 is 19.1 Å². The maximum atomic E-state index is 13.5. The summed E-state index contributed by atoms with van der Waals surface area (Å²) >= 11 is 3.41. The van der Waals surface area contributed by atoms with Crippen LogP contribution in [0.15, 0.2) is 168 Å². The highest BCUT2D eigenvalue weighted by atomic mass is 32.2. The van der Waals surface area contributed by atoms with Crippen molar-refractivity contribution in [3.63, 3.8) is 0 Å². The number of rotatable bonds is 1. The first-order chi connectivity index (χ1) is 29.0. The van der Waals surface area contributed by atoms with Gasteiger partial charge in [0.25, 0.3) is 11.8 Å². The Hall–Kier alpha value is -6.42. The van der Waals surface area contributed by atoms with Crippen LogP contribution in [0, 0.1) is 0 Å². The van der Waals surface area contributed by atoms with E-state index in [-0.39, 0.29) is 11.8 Å². The van der Waals surface area contributed by atoms with Crippen LogP contribution in [0.5, 0.6) is 11.5 Å². The van der Waals surface area contributed by atoms with Crippen LogP contribution in [0.2, 0.25) is 0 Å². The van der Waals surface area contributed by atoms with E-state index in [1.54, 1.807) is 47.8 Å². The maximum absolute atomic E-state index is 13.5. The monoisotopic (exact) mass is 811 g/mol. The molecule has 292 valence electrons. The Morgan fingerprint density at radius 3 is 1.39 bits per heavy atom. The van der Waals surface area contributed by atoms with E-state index < -0.39 is 0 Å². The molecular weight excluding hydrogens is 771 g/mol. The predicted octanol–water partition coefficient (Wildman–Crippen LogP) is 12.4. The molecule has 3 aliphatic rings. The normalized spacial score (nSPS) is 13.8. The van der Waals surface area contributed by atoms with E-state index in [2.05, 4.69) is 70.7 Å². The zero-order chi connectivity index (χ0) is 40.1. The number of aromatic nitrogens is 1. The van der Waals surface area contributed by atoms with Gasteiger partial charge in [-0.2, -0.15) is 0 Å². The Bertz CT molecular complexity index is 2630. The lowest BCUT2D eigenvalue weighted by atomic mass is 10.1. The van der Waals surface area contributed by atoms with Gasteiger partial charge >= 0.3 is 0 Å². The molecule has 0 aliphatic carbocycles. The first-order valence-electron chi connectivity index (χ1n) is 19.6. The molecule has 59 heavy (non-hydrogen) atoms. The number of carbonyl (C=O) groups is 2. The van der Waals surface area contributed by atoms with E-state index >= 15 is 0 Å². The Balaban J connectivity index is 1.03. The predicted molar refractivity (Wildman–Crippen MR) is 241 cm³/mol. The van der Waals surface area contributed by atoms with E-state index in [4.69, 9.17) is 9.47 Å². The van der Waals surface area contributed by atoms with Gasteiger partial charge in [-0.25, -0.2) is 0 Å². The summed E-state index contributed by atoms with van der Waals surface area (Å²) < 4.78 is 14.7. The zero-order valence-electron chi connectivity index (χ0n) is 32.4. The summed E-state index contributed by atoms with van der Waals surface area (Å²) in [7, 11) is 0. The van der Waals surface area contributed by atoms with E-state index in [9.17, 15) is 9.59 Å². The van der Waals surface area contributed by atoms with Gasteiger partial charge in [-0.1, -0.05) is 60.7 Å². The Morgan fingerprint density at radius 2 is 0.949 bits per heavy atom. The highest BCUT2D eigenvalue weighted by Gasteiger charge is 2.16. The summed E-state index contributed by atoms with van der Waals surface area (Å²) in [6.45, 7) is 3.72. The second-order valence-electron chi connectivity index (χ2n) is 14.3. The van der Waals surface area contributed by atoms with Crippen molar-refractivity contribution in [2.45, 2.75) is 48.0 Å². The molecule has 4 heterocycles. The quantitative estimate of drug-likeness (QED) is 0.172. The molecule has 8 bridgehead atoms. The van der Waals surface area contributed by atoms with Crippen LogP contribution >= 0.6 is 23.5 Å². The molecule has 7 aromatic carbocycles. The minimum Gasteiger partial charge on any atom is -0.489 e. The molecule has 8 aromatic rings. The Morgan fingerprint density at radius 1 is 0.525 bits per heavy atom. The standard InChI is InChI=1S/C50H41N3O4S2/c1-2-53-45-25-15-33-27-41(45)42-28-34(16-26-46(42)53)32-59-48-14-8-6-12-44(48)52-50(55)36-19-23-40(24-20-36)57-30-38-10-4-3-9-37(38)29-56-39-21-17-35(18-22-39)49(54)51-43-11-5-7-13-47(43)58-31-33/h3-28H,2,29-32H2,1H3,(H,51,54)(H,52,55). The molecule has 0 fully saturated rings. The Kier molecular flexibility index (Phi) is 11.1. The third-order valence-electron chi connectivity index (χ3n) is 10.5. The molecule has 0 saturated heterocycles. The van der Waals surface area contributed by atoms with Gasteiger partial charge in [-0.15, -0.1) is 23.5 Å². The van der Waals surface area contributed by atoms with E-state index in [1.807, 2.05) is 84.9 Å². The Labute approximate surface area is 351 Å². The van der Waals surface area contributed by atoms with Gasteiger partial charge < -0.3 is 24.7 Å². The number of hydrogen-bond acceptors (Lipinski definition) is 6. The first kappa shape index (κ1) is 38.1. The van der Waals surface area contributed by atoms with Crippen molar-refractivity contribution in [2.75, 3.05) is 10.6 Å². The first-order valence-corrected chi connectivity index (χ1v) is 21.6. The highest BCUT2D eigenvalue weighted by Crippen LogP contribution is 2.36. The summed E-state index contributed by atoms with van der Waals surface area (Å²) in [5.74, 6) is 2.43. The minimum absolute atomic E-state index is 0.182. The molecule has 0 spiro atoms. The van der Waals surface area contributed by atoms with E-state index in [0.29, 0.717) is 35.8 Å². The summed E-state index contributed by atoms with van der Waals surface area (Å²) in [4.78, 5) is 29.0. The van der Waals surface area contributed by atoms with Crippen LogP contribution in [-0.4, -0.2) is 16.4 Å². The molecule has 2 N–H and O–H groups in total. The molecule has 0 atom stereocenters. The van der Waals surface area contributed by atoms with Gasteiger partial charge in [0.05, 0.1) is 11.4 Å². The van der Waals surface area contributed by atoms with Crippen molar-refractivity contribution in [3.05, 3.63) is 191 Å². The van der Waals surface area contributed by atoms with Crippen molar-refractivity contribution in [3.8, 4) is 11.5 Å². The number of nitrogens with zero attached hydrogens (tertiary/aromatic N) is 1. The number of para-hydroxylation sites is 2. The number of anilines is 2. The topological polar surface area (TPSA) is 81.6 Å². The van der Waals surface area contributed by atoms with Gasteiger partial charge in [0.15, 0.2) is 0 Å². The average Bonchev–Trinajstić information content (AvgIpc) is 3.59. The van der Waals surface area contributed by atoms with Gasteiger partial charge in [-0.05, 0) is 126 Å². The van der Waals surface area contributed by atoms with Crippen molar-refractivity contribution >= 4 is 68.5 Å². The lowest BCUT2D eigenvalue weighted by molar-refractivity contribution is 0.101. The van der Waals surface area contributed by atoms with Gasteiger partial charge in [0, 0.05) is 60.8 Å². The average molecular weight is 812 g/mol. The number of benzene rings is 7. The van der Waals surface area contributed by atoms with E-state index in [1.165, 1.54) is 32.9 Å². The van der Waals surface area contributed by atoms with Crippen LogP contribution in [0.1, 0.15) is 49.9 Å². The third-order valence-corrected chi connectivity index (χ3v) is 12.8. The van der Waals surface area contributed by atoms with E-state index in [0.717, 1.165) is 50.3 Å². The van der Waals surface area contributed by atoms with Crippen molar-refractivity contribution in [1.29, 1.82) is 0 Å². The fourth-order valence-corrected chi connectivity index (χ4v) is 9.29. The molecule has 0 unspecified atom stereocenters. The number of amides is 2. The second-order valence-corrected chi connectivity index (χ2v) is 16.4. The summed E-state index contributed by atoms with van der Waals surface area (Å²) in [6.07, 6.45) is 0. The summed E-state index contributed by atoms with van der Waals surface area (Å²) in [5.41, 5.74) is 9.43. The van der Waals surface area contributed by atoms with Crippen LogP contribution in [0.25, 0.3) is 21.8 Å². The summed E-state index contributed by atoms with van der Waals surface area (Å²) in [6, 6.07) is 51.8. The lowest BCUT2D eigenvalue weighted by Crippen LogP contribution is -2.12. The second kappa shape index (κ2) is 17.2. The molecule has 0 radical (unpaired) electrons. The number of carbonyl (C=O) groups excluding carboxylic acids is 2. The number of hydrogen-bond donors (Lipinski definition) is 2. The minimum atomic E-state index is -0.182. The van der Waals surface area contributed by atoms with Crippen LogP contribution in [0.4, 0.5) is 11.4 Å². The molecule has 1 aromatic heterocycles. The van der Waals surface area contributed by atoms with Gasteiger partial charge in [0.1, 0.15) is 24.7 Å². The lowest BCUT2D eigenvalue weighted by Gasteiger charge is -2.14. The highest BCUT2D eigenvalue weighted by molar-refractivity contribution is 7.99. The SMILES string of the molecule is CCn1c2ccc3cc2c2cc(ccc21)CSc1ccccc1NC(=O)c1ccc(cc1)OCc1ccccc1COc1ccc(cc1)C(=O)Nc1ccccc1SC3. The number of ether oxygens (including phenoxy) is 2. The fourth-order valence-electron chi connectivity index (χ4n) is 7.39. The number of nitrogens with one attached hydrogen (secondary N) is 2. The molecule has 2 amide bonds. The van der Waals surface area contributed by atoms with Crippen LogP contribution < -0.4 is 20.1 Å². The molecule has 9 heteroatoms. The fraction of sp³-hybridized carbons (Fsp3) is 0.120. The largest absolute Gasteiger partial charge is 0.489 e. The zero-order valence-corrected chi connectivity index (χ0v) is 34.1. The smallest absolute Gasteiger partial charge is 0.255 e. The molecule has 7 nitrogen and oxygen atoms in total. The summed E-state index contributed by atoms with van der Waals surface area (Å²) in [5, 5.41) is 8.73. The molecule has 11 rings (SSSR count). The van der Waals surface area contributed by atoms with Crippen molar-refractivity contribution in [1.82, 2.24) is 4.57 Å². The molecule has 0 saturated carbocycles. The van der Waals surface area contributed by atoms with Gasteiger partial charge in [-0.3, -0.25) is 9.59 Å². The number of fused-ring (bicyclic) bond motifs is 2. The molecule has 3 aliphatic heterocycles. The van der Waals surface area contributed by atoms with Gasteiger partial charge in [0.2, 0.25) is 0 Å². The maximum Gasteiger partial charge on any atom is 0.255 e. The third kappa shape index (κ3) is 8.44. The van der Waals surface area contributed by atoms with Crippen LogP contribution in [-0.2, 0) is 31.3 Å². The van der Waals surface area contributed by atoms with Crippen LogP contribution in [0.3, 0.4) is 0 Å². The van der Waals surface area contributed by atoms with Crippen molar-refractivity contribution in [2.24, 2.45) is 0 Å². The number of thioether (sulfide) groups is 2. The molecular formula is C50H41N3O4S2.